The molecule has 90 valence electrons. The van der Waals surface area contributed by atoms with Crippen LogP contribution in [0.25, 0.3) is 0 Å². The summed E-state index contributed by atoms with van der Waals surface area (Å²) < 4.78 is 0. The van der Waals surface area contributed by atoms with Crippen molar-refractivity contribution in [3.63, 3.8) is 0 Å². The number of hydrogen-bond donors (Lipinski definition) is 2. The first kappa shape index (κ1) is 12.2. The van der Waals surface area contributed by atoms with E-state index < -0.39 is 5.41 Å². The van der Waals surface area contributed by atoms with Gasteiger partial charge in [-0.2, -0.15) is 11.8 Å². The fourth-order valence-electron chi connectivity index (χ4n) is 2.32. The van der Waals surface area contributed by atoms with E-state index in [2.05, 4.69) is 11.6 Å². The van der Waals surface area contributed by atoms with Gasteiger partial charge in [-0.3, -0.25) is 4.79 Å². The van der Waals surface area contributed by atoms with Crippen LogP contribution in [0.5, 0.6) is 0 Å². The van der Waals surface area contributed by atoms with E-state index in [0.717, 1.165) is 25.7 Å². The third-order valence-electron chi connectivity index (χ3n) is 3.71. The van der Waals surface area contributed by atoms with Crippen LogP contribution in [0, 0.1) is 5.41 Å². The molecule has 2 saturated carbocycles. The molecule has 2 fully saturated rings. The molecule has 2 unspecified atom stereocenters. The molecule has 2 atom stereocenters. The zero-order valence-electron chi connectivity index (χ0n) is 9.49. The van der Waals surface area contributed by atoms with E-state index in [1.165, 1.54) is 6.42 Å². The van der Waals surface area contributed by atoms with Crippen LogP contribution >= 0.6 is 24.0 Å². The van der Waals surface area contributed by atoms with Crippen molar-refractivity contribution in [2.75, 3.05) is 6.26 Å². The predicted molar refractivity (Wildman–Crippen MR) is 71.5 cm³/mol. The molecule has 0 saturated heterocycles. The van der Waals surface area contributed by atoms with E-state index in [4.69, 9.17) is 18.0 Å². The van der Waals surface area contributed by atoms with Crippen LogP contribution in [0.4, 0.5) is 0 Å². The molecule has 16 heavy (non-hydrogen) atoms. The summed E-state index contributed by atoms with van der Waals surface area (Å²) in [6.07, 6.45) is 7.16. The Balaban J connectivity index is 1.87. The van der Waals surface area contributed by atoms with E-state index in [-0.39, 0.29) is 5.91 Å². The van der Waals surface area contributed by atoms with Gasteiger partial charge in [0.1, 0.15) is 0 Å². The first-order valence-electron chi connectivity index (χ1n) is 5.72. The van der Waals surface area contributed by atoms with E-state index in [0.29, 0.717) is 16.3 Å². The van der Waals surface area contributed by atoms with Crippen LogP contribution < -0.4 is 11.1 Å². The highest BCUT2D eigenvalue weighted by molar-refractivity contribution is 7.99. The van der Waals surface area contributed by atoms with Crippen molar-refractivity contribution in [3.8, 4) is 0 Å². The highest BCUT2D eigenvalue weighted by Gasteiger charge is 2.53. The third-order valence-corrected chi connectivity index (χ3v) is 5.19. The maximum Gasteiger partial charge on any atom is 0.233 e. The predicted octanol–water partition coefficient (Wildman–Crippen LogP) is 1.45. The summed E-state index contributed by atoms with van der Waals surface area (Å²) in [5.74, 6) is 0.0618. The number of rotatable bonds is 4. The van der Waals surface area contributed by atoms with E-state index in [1.54, 1.807) is 0 Å². The van der Waals surface area contributed by atoms with Gasteiger partial charge in [0.2, 0.25) is 5.91 Å². The number of hydrogen-bond acceptors (Lipinski definition) is 3. The van der Waals surface area contributed by atoms with Gasteiger partial charge in [-0.15, -0.1) is 0 Å². The van der Waals surface area contributed by atoms with Crippen molar-refractivity contribution in [1.82, 2.24) is 5.32 Å². The molecule has 0 bridgehead atoms. The average molecular weight is 258 g/mol. The van der Waals surface area contributed by atoms with Gasteiger partial charge in [0.25, 0.3) is 0 Å². The second kappa shape index (κ2) is 4.53. The summed E-state index contributed by atoms with van der Waals surface area (Å²) in [4.78, 5) is 12.4. The summed E-state index contributed by atoms with van der Waals surface area (Å²) in [6, 6.07) is 0.330. The lowest BCUT2D eigenvalue weighted by atomic mass is 10.1. The number of nitrogens with one attached hydrogen (secondary N) is 1. The molecule has 0 spiro atoms. The maximum absolute atomic E-state index is 12.0. The highest BCUT2D eigenvalue weighted by Crippen LogP contribution is 2.46. The van der Waals surface area contributed by atoms with Gasteiger partial charge in [0, 0.05) is 11.3 Å². The zero-order chi connectivity index (χ0) is 11.8. The van der Waals surface area contributed by atoms with Gasteiger partial charge in [-0.05, 0) is 38.4 Å². The Labute approximate surface area is 106 Å². The lowest BCUT2D eigenvalue weighted by Crippen LogP contribution is -2.43. The molecule has 5 heteroatoms. The molecule has 2 aliphatic rings. The van der Waals surface area contributed by atoms with Crippen LogP contribution in [-0.2, 0) is 4.79 Å². The Morgan fingerprint density at radius 2 is 2.19 bits per heavy atom. The van der Waals surface area contributed by atoms with Crippen molar-refractivity contribution in [1.29, 1.82) is 0 Å². The van der Waals surface area contributed by atoms with Gasteiger partial charge in [0.05, 0.1) is 10.4 Å². The summed E-state index contributed by atoms with van der Waals surface area (Å²) in [5.41, 5.74) is 5.13. The number of thioether (sulfide) groups is 1. The Kier molecular flexibility index (Phi) is 3.45. The number of nitrogens with two attached hydrogens (primary N) is 1. The fourth-order valence-corrected chi connectivity index (χ4v) is 3.41. The number of carbonyl (C=O) groups is 1. The van der Waals surface area contributed by atoms with Gasteiger partial charge in [-0.25, -0.2) is 0 Å². The summed E-state index contributed by atoms with van der Waals surface area (Å²) in [7, 11) is 0. The van der Waals surface area contributed by atoms with Crippen molar-refractivity contribution >= 4 is 34.9 Å². The first-order chi connectivity index (χ1) is 7.58. The molecule has 1 amide bonds. The molecule has 2 rings (SSSR count). The highest BCUT2D eigenvalue weighted by atomic mass is 32.2. The molecule has 3 N–H and O–H groups in total. The SMILES string of the molecule is CSC1CCC(NC(=O)C2(C(N)=S)CC2)C1. The van der Waals surface area contributed by atoms with E-state index >= 15 is 0 Å². The van der Waals surface area contributed by atoms with Crippen molar-refractivity contribution in [3.05, 3.63) is 0 Å². The number of amides is 1. The molecule has 3 nitrogen and oxygen atoms in total. The van der Waals surface area contributed by atoms with Gasteiger partial charge >= 0.3 is 0 Å². The molecular weight excluding hydrogens is 240 g/mol. The summed E-state index contributed by atoms with van der Waals surface area (Å²) in [6.45, 7) is 0. The lowest BCUT2D eigenvalue weighted by Gasteiger charge is -2.18. The Morgan fingerprint density at radius 1 is 1.50 bits per heavy atom. The second-order valence-corrected chi connectivity index (χ2v) is 6.37. The molecule has 0 aromatic rings. The van der Waals surface area contributed by atoms with Gasteiger partial charge in [0.15, 0.2) is 0 Å². The van der Waals surface area contributed by atoms with Crippen LogP contribution in [0.15, 0.2) is 0 Å². The minimum absolute atomic E-state index is 0.0618. The van der Waals surface area contributed by atoms with Crippen LogP contribution in [-0.4, -0.2) is 28.4 Å². The van der Waals surface area contributed by atoms with Crippen LogP contribution in [0.1, 0.15) is 32.1 Å². The van der Waals surface area contributed by atoms with Crippen molar-refractivity contribution < 1.29 is 4.79 Å². The molecule has 0 heterocycles. The van der Waals surface area contributed by atoms with Crippen LogP contribution in [0.3, 0.4) is 0 Å². The average Bonchev–Trinajstić information content (AvgIpc) is 2.95. The summed E-state index contributed by atoms with van der Waals surface area (Å²) >= 11 is 6.86. The molecule has 0 aromatic heterocycles. The smallest absolute Gasteiger partial charge is 0.233 e. The Bertz CT molecular complexity index is 315. The monoisotopic (exact) mass is 258 g/mol. The third kappa shape index (κ3) is 2.20. The Morgan fingerprint density at radius 3 is 2.62 bits per heavy atom. The number of carbonyl (C=O) groups excluding carboxylic acids is 1. The minimum atomic E-state index is -0.493. The lowest BCUT2D eigenvalue weighted by molar-refractivity contribution is -0.124. The topological polar surface area (TPSA) is 55.1 Å². The normalized spacial score (nSPS) is 31.1. The molecule has 0 aromatic carbocycles. The minimum Gasteiger partial charge on any atom is -0.392 e. The van der Waals surface area contributed by atoms with E-state index in [9.17, 15) is 4.79 Å². The second-order valence-electron chi connectivity index (χ2n) is 4.79. The zero-order valence-corrected chi connectivity index (χ0v) is 11.1. The molecular formula is C11H18N2OS2. The van der Waals surface area contributed by atoms with Crippen LogP contribution in [0.2, 0.25) is 0 Å². The molecule has 0 radical (unpaired) electrons. The Hall–Kier alpha value is -0.290. The maximum atomic E-state index is 12.0. The standard InChI is InChI=1S/C11H18N2OS2/c1-16-8-3-2-7(6-8)13-10(14)11(4-5-11)9(12)15/h7-8H,2-6H2,1H3,(H2,12,15)(H,13,14). The van der Waals surface area contributed by atoms with Crippen molar-refractivity contribution in [2.45, 2.75) is 43.4 Å². The fraction of sp³-hybridized carbons (Fsp3) is 0.818. The van der Waals surface area contributed by atoms with Crippen molar-refractivity contribution in [2.24, 2.45) is 11.1 Å². The van der Waals surface area contributed by atoms with E-state index in [1.807, 2.05) is 11.8 Å². The first-order valence-corrected chi connectivity index (χ1v) is 7.42. The molecule has 0 aliphatic heterocycles. The van der Waals surface area contributed by atoms with Gasteiger partial charge < -0.3 is 11.1 Å². The number of thiocarbonyl (C=S) groups is 1. The molecule has 2 aliphatic carbocycles. The summed E-state index contributed by atoms with van der Waals surface area (Å²) in [5, 5.41) is 3.81. The largest absolute Gasteiger partial charge is 0.392 e. The quantitative estimate of drug-likeness (QED) is 0.750. The van der Waals surface area contributed by atoms with Gasteiger partial charge in [-0.1, -0.05) is 12.2 Å².